The highest BCUT2D eigenvalue weighted by Crippen LogP contribution is 2.27. The normalized spacial score (nSPS) is 20.3. The first kappa shape index (κ1) is 19.0. The molecule has 0 spiro atoms. The summed E-state index contributed by atoms with van der Waals surface area (Å²) in [6.07, 6.45) is -3.52. The van der Waals surface area contributed by atoms with Crippen LogP contribution < -0.4 is 10.5 Å². The third-order valence-corrected chi connectivity index (χ3v) is 4.96. The molecule has 0 saturated carbocycles. The molecular formula is C12H16ClF3N2O3S. The van der Waals surface area contributed by atoms with Crippen LogP contribution in [0.25, 0.3) is 0 Å². The Morgan fingerprint density at radius 2 is 2.00 bits per heavy atom. The molecule has 0 bridgehead atoms. The maximum atomic E-state index is 12.4. The minimum atomic E-state index is -4.87. The van der Waals surface area contributed by atoms with Gasteiger partial charge in [0, 0.05) is 25.2 Å². The SMILES string of the molecule is Cl.NC1CCCN(S(=O)(=O)c2cccc(OC(F)(F)F)c2)C1. The summed E-state index contributed by atoms with van der Waals surface area (Å²) in [6.45, 7) is 0.465. The van der Waals surface area contributed by atoms with Gasteiger partial charge in [0.15, 0.2) is 0 Å². The van der Waals surface area contributed by atoms with E-state index in [4.69, 9.17) is 5.73 Å². The third kappa shape index (κ3) is 4.73. The predicted molar refractivity (Wildman–Crippen MR) is 76.3 cm³/mol. The molecule has 10 heteroatoms. The molecule has 1 heterocycles. The molecule has 0 aromatic heterocycles. The van der Waals surface area contributed by atoms with Crippen LogP contribution in [0.3, 0.4) is 0 Å². The fraction of sp³-hybridized carbons (Fsp3) is 0.500. The molecule has 1 saturated heterocycles. The van der Waals surface area contributed by atoms with Crippen LogP contribution in [-0.4, -0.2) is 38.2 Å². The van der Waals surface area contributed by atoms with Crippen molar-refractivity contribution >= 4 is 22.4 Å². The molecule has 5 nitrogen and oxygen atoms in total. The van der Waals surface area contributed by atoms with E-state index in [9.17, 15) is 21.6 Å². The van der Waals surface area contributed by atoms with Crippen molar-refractivity contribution in [3.63, 3.8) is 0 Å². The summed E-state index contributed by atoms with van der Waals surface area (Å²) in [5.41, 5.74) is 5.73. The molecule has 1 atom stereocenters. The van der Waals surface area contributed by atoms with Gasteiger partial charge >= 0.3 is 6.36 Å². The van der Waals surface area contributed by atoms with Gasteiger partial charge in [-0.1, -0.05) is 6.07 Å². The molecule has 126 valence electrons. The van der Waals surface area contributed by atoms with Gasteiger partial charge in [0.1, 0.15) is 5.75 Å². The Hall–Kier alpha value is -1.03. The van der Waals surface area contributed by atoms with Gasteiger partial charge in [-0.2, -0.15) is 4.31 Å². The van der Waals surface area contributed by atoms with Crippen LogP contribution in [0, 0.1) is 0 Å². The lowest BCUT2D eigenvalue weighted by Gasteiger charge is -2.29. The summed E-state index contributed by atoms with van der Waals surface area (Å²) >= 11 is 0. The van der Waals surface area contributed by atoms with Crippen molar-refractivity contribution in [2.45, 2.75) is 30.1 Å². The summed E-state index contributed by atoms with van der Waals surface area (Å²) in [5, 5.41) is 0. The van der Waals surface area contributed by atoms with E-state index in [1.807, 2.05) is 0 Å². The lowest BCUT2D eigenvalue weighted by atomic mass is 10.1. The summed E-state index contributed by atoms with van der Waals surface area (Å²) < 4.78 is 66.2. The number of alkyl halides is 3. The highest BCUT2D eigenvalue weighted by atomic mass is 35.5. The van der Waals surface area contributed by atoms with Gasteiger partial charge in [0.25, 0.3) is 0 Å². The molecule has 1 aromatic rings. The Labute approximate surface area is 132 Å². The van der Waals surface area contributed by atoms with Crippen LogP contribution in [0.2, 0.25) is 0 Å². The number of hydrogen-bond acceptors (Lipinski definition) is 4. The molecular weight excluding hydrogens is 345 g/mol. The zero-order valence-electron chi connectivity index (χ0n) is 11.4. The Bertz CT molecular complexity index is 610. The van der Waals surface area contributed by atoms with Crippen molar-refractivity contribution in [1.82, 2.24) is 4.31 Å². The van der Waals surface area contributed by atoms with Gasteiger partial charge in [0.05, 0.1) is 4.90 Å². The Balaban J connectivity index is 0.00000242. The number of piperidine rings is 1. The first-order valence-electron chi connectivity index (χ1n) is 6.30. The number of ether oxygens (including phenoxy) is 1. The fourth-order valence-electron chi connectivity index (χ4n) is 2.17. The van der Waals surface area contributed by atoms with E-state index in [0.717, 1.165) is 18.6 Å². The molecule has 1 aliphatic rings. The number of halogens is 4. The number of rotatable bonds is 3. The zero-order chi connectivity index (χ0) is 15.7. The maximum Gasteiger partial charge on any atom is 0.573 e. The van der Waals surface area contributed by atoms with Crippen LogP contribution in [0.15, 0.2) is 29.2 Å². The number of benzene rings is 1. The van der Waals surface area contributed by atoms with Crippen molar-refractivity contribution < 1.29 is 26.3 Å². The zero-order valence-corrected chi connectivity index (χ0v) is 13.0. The van der Waals surface area contributed by atoms with Crippen LogP contribution >= 0.6 is 12.4 Å². The largest absolute Gasteiger partial charge is 0.573 e. The highest BCUT2D eigenvalue weighted by molar-refractivity contribution is 7.89. The lowest BCUT2D eigenvalue weighted by Crippen LogP contribution is -2.45. The topological polar surface area (TPSA) is 72.6 Å². The Kier molecular flexibility index (Phi) is 6.08. The summed E-state index contributed by atoms with van der Waals surface area (Å²) in [4.78, 5) is -0.238. The average molecular weight is 361 g/mol. The van der Waals surface area contributed by atoms with Crippen LogP contribution in [0.1, 0.15) is 12.8 Å². The summed E-state index contributed by atoms with van der Waals surface area (Å²) in [5.74, 6) is -0.565. The van der Waals surface area contributed by atoms with E-state index < -0.39 is 22.1 Å². The molecule has 2 N–H and O–H groups in total. The molecule has 1 aliphatic heterocycles. The molecule has 1 aromatic carbocycles. The van der Waals surface area contributed by atoms with Crippen LogP contribution in [0.5, 0.6) is 5.75 Å². The lowest BCUT2D eigenvalue weighted by molar-refractivity contribution is -0.274. The Morgan fingerprint density at radius 1 is 1.32 bits per heavy atom. The van der Waals surface area contributed by atoms with Crippen molar-refractivity contribution in [3.05, 3.63) is 24.3 Å². The molecule has 1 fully saturated rings. The molecule has 22 heavy (non-hydrogen) atoms. The second-order valence-electron chi connectivity index (χ2n) is 4.79. The van der Waals surface area contributed by atoms with Crippen molar-refractivity contribution in [2.24, 2.45) is 5.73 Å². The minimum absolute atomic E-state index is 0. The van der Waals surface area contributed by atoms with Gasteiger partial charge < -0.3 is 10.5 Å². The molecule has 0 radical (unpaired) electrons. The first-order chi connectivity index (χ1) is 9.68. The minimum Gasteiger partial charge on any atom is -0.406 e. The molecule has 1 unspecified atom stereocenters. The number of hydrogen-bond donors (Lipinski definition) is 1. The van der Waals surface area contributed by atoms with E-state index in [1.165, 1.54) is 16.4 Å². The maximum absolute atomic E-state index is 12.4. The second-order valence-corrected chi connectivity index (χ2v) is 6.73. The highest BCUT2D eigenvalue weighted by Gasteiger charge is 2.33. The second kappa shape index (κ2) is 7.03. The Morgan fingerprint density at radius 3 is 2.59 bits per heavy atom. The molecule has 0 aliphatic carbocycles. The van der Waals surface area contributed by atoms with Crippen molar-refractivity contribution in [1.29, 1.82) is 0 Å². The van der Waals surface area contributed by atoms with Crippen LogP contribution in [0.4, 0.5) is 13.2 Å². The van der Waals surface area contributed by atoms with Gasteiger partial charge in [-0.15, -0.1) is 25.6 Å². The molecule has 0 amide bonds. The quantitative estimate of drug-likeness (QED) is 0.896. The number of nitrogens with two attached hydrogens (primary N) is 1. The fourth-order valence-corrected chi connectivity index (χ4v) is 3.74. The summed E-state index contributed by atoms with van der Waals surface area (Å²) in [7, 11) is -3.87. The predicted octanol–water partition coefficient (Wildman–Crippen LogP) is 2.12. The van der Waals surface area contributed by atoms with Gasteiger partial charge in [-0.3, -0.25) is 0 Å². The van der Waals surface area contributed by atoms with Crippen LogP contribution in [-0.2, 0) is 10.0 Å². The monoisotopic (exact) mass is 360 g/mol. The summed E-state index contributed by atoms with van der Waals surface area (Å²) in [6, 6.07) is 4.09. The van der Waals surface area contributed by atoms with E-state index >= 15 is 0 Å². The number of nitrogens with zero attached hydrogens (tertiary/aromatic N) is 1. The van der Waals surface area contributed by atoms with Crippen molar-refractivity contribution in [2.75, 3.05) is 13.1 Å². The van der Waals surface area contributed by atoms with E-state index in [1.54, 1.807) is 0 Å². The standard InChI is InChI=1S/C12H15F3N2O3S.ClH/c13-12(14,15)20-10-4-1-5-11(7-10)21(18,19)17-6-2-3-9(16)8-17;/h1,4-5,7,9H,2-3,6,8,16H2;1H. The van der Waals surface area contributed by atoms with Gasteiger partial charge in [-0.05, 0) is 25.0 Å². The van der Waals surface area contributed by atoms with Crippen molar-refractivity contribution in [3.8, 4) is 5.75 Å². The van der Waals surface area contributed by atoms with E-state index in [0.29, 0.717) is 13.0 Å². The number of sulfonamides is 1. The molecule has 2 rings (SSSR count). The third-order valence-electron chi connectivity index (χ3n) is 3.10. The smallest absolute Gasteiger partial charge is 0.406 e. The van der Waals surface area contributed by atoms with Gasteiger partial charge in [0.2, 0.25) is 10.0 Å². The average Bonchev–Trinajstić information content (AvgIpc) is 2.37. The van der Waals surface area contributed by atoms with Gasteiger partial charge in [-0.25, -0.2) is 8.42 Å². The first-order valence-corrected chi connectivity index (χ1v) is 7.74. The van der Waals surface area contributed by atoms with E-state index in [-0.39, 0.29) is 29.9 Å². The van der Waals surface area contributed by atoms with E-state index in [2.05, 4.69) is 4.74 Å².